The molecular formula is C28H27ClN4O4. The molecule has 37 heavy (non-hydrogen) atoms. The molecule has 0 saturated carbocycles. The Hall–Kier alpha value is -3.77. The van der Waals surface area contributed by atoms with Crippen LogP contribution in [0.3, 0.4) is 0 Å². The molecule has 1 fully saturated rings. The van der Waals surface area contributed by atoms with Gasteiger partial charge in [0.15, 0.2) is 12.2 Å². The Balaban J connectivity index is 1.40. The minimum absolute atomic E-state index is 0.288. The Morgan fingerprint density at radius 1 is 1.14 bits per heavy atom. The molecule has 3 aromatic rings. The van der Waals surface area contributed by atoms with Crippen LogP contribution in [0, 0.1) is 11.3 Å². The normalized spacial score (nSPS) is 17.5. The van der Waals surface area contributed by atoms with E-state index in [-0.39, 0.29) is 6.04 Å². The molecule has 0 bridgehead atoms. The van der Waals surface area contributed by atoms with Gasteiger partial charge in [0.25, 0.3) is 11.8 Å². The summed E-state index contributed by atoms with van der Waals surface area (Å²) in [6.07, 6.45) is -0.831. The Kier molecular flexibility index (Phi) is 8.19. The summed E-state index contributed by atoms with van der Waals surface area (Å²) in [6, 6.07) is 19.1. The fourth-order valence-corrected chi connectivity index (χ4v) is 4.76. The number of carbonyl (C=O) groups excluding carboxylic acids is 2. The number of halogens is 1. The molecule has 1 aliphatic rings. The molecule has 2 aromatic carbocycles. The minimum atomic E-state index is -1.95. The molecular weight excluding hydrogens is 492 g/mol. The quantitative estimate of drug-likeness (QED) is 0.439. The van der Waals surface area contributed by atoms with Gasteiger partial charge in [-0.3, -0.25) is 14.6 Å². The number of nitrogens with zero attached hydrogens (tertiary/aromatic N) is 3. The molecule has 9 heteroatoms. The first-order valence-electron chi connectivity index (χ1n) is 12.0. The number of aliphatic hydroxyl groups is 2. The zero-order valence-corrected chi connectivity index (χ0v) is 21.0. The molecule has 1 saturated heterocycles. The van der Waals surface area contributed by atoms with Crippen LogP contribution in [-0.4, -0.2) is 50.7 Å². The molecule has 0 radical (unpaired) electrons. The van der Waals surface area contributed by atoms with Gasteiger partial charge in [-0.25, -0.2) is 0 Å². The predicted octanol–water partition coefficient (Wildman–Crippen LogP) is 3.54. The van der Waals surface area contributed by atoms with Crippen molar-refractivity contribution in [2.45, 2.75) is 44.1 Å². The maximum atomic E-state index is 13.0. The van der Waals surface area contributed by atoms with Gasteiger partial charge in [0.05, 0.1) is 29.4 Å². The molecule has 4 atom stereocenters. The maximum absolute atomic E-state index is 13.0. The Labute approximate surface area is 220 Å². The average molecular weight is 519 g/mol. The molecule has 3 N–H and O–H groups in total. The third-order valence-corrected chi connectivity index (χ3v) is 6.77. The van der Waals surface area contributed by atoms with Crippen molar-refractivity contribution < 1.29 is 19.8 Å². The first-order chi connectivity index (χ1) is 17.8. The number of likely N-dealkylation sites (tertiary alicyclic amines) is 1. The number of hydrogen-bond acceptors (Lipinski definition) is 6. The number of aromatic nitrogens is 1. The van der Waals surface area contributed by atoms with Crippen LogP contribution in [0.2, 0.25) is 5.02 Å². The topological polar surface area (TPSA) is 127 Å². The molecule has 4 rings (SSSR count). The van der Waals surface area contributed by atoms with Crippen LogP contribution in [0.15, 0.2) is 66.9 Å². The van der Waals surface area contributed by atoms with Crippen molar-refractivity contribution in [3.8, 4) is 17.2 Å². The van der Waals surface area contributed by atoms with Crippen LogP contribution in [-0.2, 0) is 9.59 Å². The third-order valence-electron chi connectivity index (χ3n) is 6.54. The zero-order valence-electron chi connectivity index (χ0n) is 20.2. The molecule has 8 nitrogen and oxygen atoms in total. The van der Waals surface area contributed by atoms with E-state index >= 15 is 0 Å². The highest BCUT2D eigenvalue weighted by molar-refractivity contribution is 6.30. The lowest BCUT2D eigenvalue weighted by Gasteiger charge is -2.29. The summed E-state index contributed by atoms with van der Waals surface area (Å²) in [5.41, 5.74) is 3.37. The highest BCUT2D eigenvalue weighted by Crippen LogP contribution is 2.33. The van der Waals surface area contributed by atoms with Gasteiger partial charge in [-0.2, -0.15) is 5.26 Å². The molecule has 2 amide bonds. The number of amides is 2. The van der Waals surface area contributed by atoms with E-state index in [2.05, 4.69) is 16.4 Å². The number of nitrogens with one attached hydrogen (secondary N) is 1. The average Bonchev–Trinajstić information content (AvgIpc) is 3.42. The fourth-order valence-electron chi connectivity index (χ4n) is 4.57. The number of rotatable bonds is 7. The van der Waals surface area contributed by atoms with Crippen LogP contribution in [0.5, 0.6) is 0 Å². The van der Waals surface area contributed by atoms with Crippen LogP contribution in [0.4, 0.5) is 0 Å². The van der Waals surface area contributed by atoms with Crippen molar-refractivity contribution in [1.29, 1.82) is 5.26 Å². The summed E-state index contributed by atoms with van der Waals surface area (Å²) in [5.74, 6) is -1.59. The lowest BCUT2D eigenvalue weighted by atomic mass is 10.0. The van der Waals surface area contributed by atoms with Crippen molar-refractivity contribution in [2.75, 3.05) is 6.54 Å². The van der Waals surface area contributed by atoms with E-state index in [1.54, 1.807) is 55.6 Å². The summed E-state index contributed by atoms with van der Waals surface area (Å²) in [6.45, 7) is 2.09. The van der Waals surface area contributed by atoms with E-state index in [0.29, 0.717) is 29.2 Å². The standard InChI is InChI=1S/C28H27ClN4O4/c1-17(23-12-11-20(16-31-23)22-9-3-2-6-19(22)15-30)32-27(36)25(34)26(35)28(37)33-13-5-10-24(33)18-7-4-8-21(29)14-18/h2-4,6-9,11-12,14,16-17,24-26,34-35H,5,10,13H2,1H3,(H,32,36)/t17?,24-,25-,26-/m1/s1. The molecule has 1 aromatic heterocycles. The van der Waals surface area contributed by atoms with E-state index in [4.69, 9.17) is 11.6 Å². The summed E-state index contributed by atoms with van der Waals surface area (Å²) >= 11 is 6.09. The molecule has 190 valence electrons. The molecule has 2 heterocycles. The lowest BCUT2D eigenvalue weighted by Crippen LogP contribution is -2.51. The SMILES string of the molecule is CC(NC(=O)[C@H](O)[C@@H](O)C(=O)N1CCC[C@@H]1c1cccc(Cl)c1)c1ccc(-c2ccccc2C#N)cn1. The van der Waals surface area contributed by atoms with Crippen LogP contribution >= 0.6 is 11.6 Å². The molecule has 1 unspecified atom stereocenters. The van der Waals surface area contributed by atoms with Crippen molar-refractivity contribution in [3.63, 3.8) is 0 Å². The lowest BCUT2D eigenvalue weighted by molar-refractivity contribution is -0.154. The minimum Gasteiger partial charge on any atom is -0.380 e. The van der Waals surface area contributed by atoms with E-state index in [1.807, 2.05) is 18.2 Å². The highest BCUT2D eigenvalue weighted by atomic mass is 35.5. The summed E-state index contributed by atoms with van der Waals surface area (Å²) in [7, 11) is 0. The van der Waals surface area contributed by atoms with Crippen molar-refractivity contribution in [1.82, 2.24) is 15.2 Å². The summed E-state index contributed by atoms with van der Waals surface area (Å²) in [5, 5.41) is 33.5. The largest absolute Gasteiger partial charge is 0.380 e. The fraction of sp³-hybridized carbons (Fsp3) is 0.286. The van der Waals surface area contributed by atoms with Gasteiger partial charge in [0, 0.05) is 28.9 Å². The van der Waals surface area contributed by atoms with Gasteiger partial charge in [-0.15, -0.1) is 0 Å². The Bertz CT molecular complexity index is 1320. The zero-order chi connectivity index (χ0) is 26.5. The third kappa shape index (κ3) is 5.81. The van der Waals surface area contributed by atoms with Crippen molar-refractivity contribution in [2.24, 2.45) is 0 Å². The van der Waals surface area contributed by atoms with Gasteiger partial charge in [-0.1, -0.05) is 48.0 Å². The number of hydrogen-bond donors (Lipinski definition) is 3. The monoisotopic (exact) mass is 518 g/mol. The first-order valence-corrected chi connectivity index (χ1v) is 12.4. The number of pyridine rings is 1. The van der Waals surface area contributed by atoms with E-state index in [1.165, 1.54) is 4.90 Å². The Morgan fingerprint density at radius 3 is 2.62 bits per heavy atom. The number of nitriles is 1. The Morgan fingerprint density at radius 2 is 1.92 bits per heavy atom. The number of aliphatic hydroxyl groups excluding tert-OH is 2. The summed E-state index contributed by atoms with van der Waals surface area (Å²) < 4.78 is 0. The van der Waals surface area contributed by atoms with Crippen LogP contribution in [0.25, 0.3) is 11.1 Å². The van der Waals surface area contributed by atoms with Gasteiger partial charge in [-0.05, 0) is 49.6 Å². The second-order valence-corrected chi connectivity index (χ2v) is 9.43. The van der Waals surface area contributed by atoms with Crippen LogP contribution in [0.1, 0.15) is 48.7 Å². The van der Waals surface area contributed by atoms with Gasteiger partial charge in [0.2, 0.25) is 0 Å². The molecule has 1 aliphatic heterocycles. The molecule has 0 spiro atoms. The van der Waals surface area contributed by atoms with E-state index < -0.39 is 30.1 Å². The van der Waals surface area contributed by atoms with Gasteiger partial charge >= 0.3 is 0 Å². The van der Waals surface area contributed by atoms with Crippen molar-refractivity contribution in [3.05, 3.63) is 88.7 Å². The smallest absolute Gasteiger partial charge is 0.255 e. The van der Waals surface area contributed by atoms with Crippen molar-refractivity contribution >= 4 is 23.4 Å². The van der Waals surface area contributed by atoms with E-state index in [0.717, 1.165) is 23.1 Å². The second kappa shape index (κ2) is 11.5. The predicted molar refractivity (Wildman–Crippen MR) is 138 cm³/mol. The van der Waals surface area contributed by atoms with Gasteiger partial charge in [0.1, 0.15) is 0 Å². The number of benzene rings is 2. The number of carbonyl (C=O) groups is 2. The first kappa shape index (κ1) is 26.3. The van der Waals surface area contributed by atoms with Gasteiger partial charge < -0.3 is 20.4 Å². The van der Waals surface area contributed by atoms with E-state index in [9.17, 15) is 25.1 Å². The van der Waals surface area contributed by atoms with Crippen LogP contribution < -0.4 is 5.32 Å². The summed E-state index contributed by atoms with van der Waals surface area (Å²) in [4.78, 5) is 31.6. The molecule has 0 aliphatic carbocycles. The maximum Gasteiger partial charge on any atom is 0.255 e. The second-order valence-electron chi connectivity index (χ2n) is 8.99. The highest BCUT2D eigenvalue weighted by Gasteiger charge is 2.38.